The van der Waals surface area contributed by atoms with E-state index in [2.05, 4.69) is 60.7 Å². The van der Waals surface area contributed by atoms with Gasteiger partial charge in [-0.3, -0.25) is 4.79 Å². The van der Waals surface area contributed by atoms with Gasteiger partial charge in [-0.15, -0.1) is 0 Å². The Hall–Kier alpha value is -2.39. The van der Waals surface area contributed by atoms with Crippen LogP contribution in [-0.2, 0) is 15.1 Å². The van der Waals surface area contributed by atoms with Gasteiger partial charge in [0.25, 0.3) is 0 Å². The average Bonchev–Trinajstić information content (AvgIpc) is 2.96. The van der Waals surface area contributed by atoms with Gasteiger partial charge < -0.3 is 9.64 Å². The van der Waals surface area contributed by atoms with E-state index in [-0.39, 0.29) is 5.91 Å². The zero-order chi connectivity index (χ0) is 18.5. The molecule has 1 heterocycles. The lowest BCUT2D eigenvalue weighted by Crippen LogP contribution is -2.48. The lowest BCUT2D eigenvalue weighted by Gasteiger charge is -2.40. The minimum absolute atomic E-state index is 0.112. The van der Waals surface area contributed by atoms with Gasteiger partial charge in [-0.2, -0.15) is 0 Å². The zero-order valence-corrected chi connectivity index (χ0v) is 15.8. The summed E-state index contributed by atoms with van der Waals surface area (Å²) in [6.07, 6.45) is 9.64. The molecule has 0 radical (unpaired) electrons. The minimum Gasteiger partial charge on any atom is -0.338 e. The smallest absolute Gasteiger partial charge is 0.221 e. The summed E-state index contributed by atoms with van der Waals surface area (Å²) in [7, 11) is 0. The Morgan fingerprint density at radius 1 is 0.889 bits per heavy atom. The van der Waals surface area contributed by atoms with Crippen molar-refractivity contribution in [1.82, 2.24) is 4.90 Å². The Morgan fingerprint density at radius 2 is 1.44 bits per heavy atom. The van der Waals surface area contributed by atoms with Crippen molar-refractivity contribution >= 4 is 18.1 Å². The molecule has 2 fully saturated rings. The number of carbonyl (C=O) groups excluding carboxylic acids is 1. The number of rotatable bonds is 0. The Balaban J connectivity index is 1.76. The maximum atomic E-state index is 12.7. The summed E-state index contributed by atoms with van der Waals surface area (Å²) in [5.41, 5.74) is 3.59. The fourth-order valence-electron chi connectivity index (χ4n) is 5.28. The van der Waals surface area contributed by atoms with E-state index in [4.69, 9.17) is 4.74 Å². The van der Waals surface area contributed by atoms with Crippen LogP contribution in [0.2, 0.25) is 0 Å². The first kappa shape index (κ1) is 16.8. The van der Waals surface area contributed by atoms with Crippen molar-refractivity contribution in [3.63, 3.8) is 0 Å². The second kappa shape index (κ2) is 6.07. The lowest BCUT2D eigenvalue weighted by molar-refractivity contribution is -0.166. The van der Waals surface area contributed by atoms with E-state index in [0.717, 1.165) is 25.7 Å². The first-order valence-corrected chi connectivity index (χ1v) is 10.0. The molecule has 1 saturated heterocycles. The quantitative estimate of drug-likeness (QED) is 0.666. The summed E-state index contributed by atoms with van der Waals surface area (Å²) in [6, 6.07) is 16.9. The summed E-state index contributed by atoms with van der Waals surface area (Å²) >= 11 is 0. The predicted molar refractivity (Wildman–Crippen MR) is 107 cm³/mol. The average molecular weight is 359 g/mol. The normalized spacial score (nSPS) is 21.7. The maximum Gasteiger partial charge on any atom is 0.221 e. The van der Waals surface area contributed by atoms with Gasteiger partial charge >= 0.3 is 0 Å². The minimum atomic E-state index is -0.611. The monoisotopic (exact) mass is 359 g/mol. The van der Waals surface area contributed by atoms with Crippen LogP contribution < -0.4 is 0 Å². The van der Waals surface area contributed by atoms with Crippen molar-refractivity contribution in [2.24, 2.45) is 0 Å². The number of carbonyl (C=O) groups is 1. The standard InChI is InChI=1S/C24H25NO2/c1-18(26)25-17-24(27-23(25)15-7-2-8-16-23)21-11-5-3-9-19(21)13-14-20-10-4-6-12-22(20)24/h3-6,9-14H,2,7-8,15-17H2,1H3. The molecule has 2 aromatic carbocycles. The van der Waals surface area contributed by atoms with E-state index in [1.54, 1.807) is 6.92 Å². The molecule has 0 aromatic heterocycles. The van der Waals surface area contributed by atoms with Gasteiger partial charge in [0.2, 0.25) is 5.91 Å². The Kier molecular flexibility index (Phi) is 3.76. The van der Waals surface area contributed by atoms with Crippen LogP contribution in [0.5, 0.6) is 0 Å². The molecule has 5 rings (SSSR count). The molecule has 2 aromatic rings. The molecular formula is C24H25NO2. The van der Waals surface area contributed by atoms with Crippen molar-refractivity contribution in [3.8, 4) is 0 Å². The highest BCUT2D eigenvalue weighted by molar-refractivity contribution is 5.79. The SMILES string of the molecule is CC(=O)N1CC2(OC13CCCCC3)c1ccccc1C=Cc1ccccc12. The molecule has 1 saturated carbocycles. The van der Waals surface area contributed by atoms with E-state index in [9.17, 15) is 4.79 Å². The first-order valence-electron chi connectivity index (χ1n) is 10.0. The van der Waals surface area contributed by atoms with Crippen LogP contribution in [0, 0.1) is 0 Å². The zero-order valence-electron chi connectivity index (χ0n) is 15.8. The molecule has 1 aliphatic heterocycles. The number of fused-ring (bicyclic) bond motifs is 4. The number of hydrogen-bond donors (Lipinski definition) is 0. The van der Waals surface area contributed by atoms with E-state index >= 15 is 0 Å². The van der Waals surface area contributed by atoms with Crippen molar-refractivity contribution < 1.29 is 9.53 Å². The van der Waals surface area contributed by atoms with Gasteiger partial charge in [-0.25, -0.2) is 0 Å². The van der Waals surface area contributed by atoms with Crippen LogP contribution in [0.15, 0.2) is 48.5 Å². The van der Waals surface area contributed by atoms with E-state index in [0.29, 0.717) is 6.54 Å². The van der Waals surface area contributed by atoms with E-state index < -0.39 is 11.3 Å². The summed E-state index contributed by atoms with van der Waals surface area (Å²) in [5, 5.41) is 0. The molecule has 2 spiro atoms. The van der Waals surface area contributed by atoms with Crippen LogP contribution in [-0.4, -0.2) is 23.1 Å². The van der Waals surface area contributed by atoms with Gasteiger partial charge in [0.1, 0.15) is 11.3 Å². The van der Waals surface area contributed by atoms with Crippen LogP contribution in [0.1, 0.15) is 61.3 Å². The topological polar surface area (TPSA) is 29.5 Å². The highest BCUT2D eigenvalue weighted by Crippen LogP contribution is 2.53. The molecular weight excluding hydrogens is 334 g/mol. The molecule has 3 nitrogen and oxygen atoms in total. The van der Waals surface area contributed by atoms with Crippen LogP contribution in [0.25, 0.3) is 12.2 Å². The van der Waals surface area contributed by atoms with E-state index in [1.165, 1.54) is 28.7 Å². The molecule has 0 atom stereocenters. The Bertz CT molecular complexity index is 874. The van der Waals surface area contributed by atoms with Gasteiger partial charge in [0, 0.05) is 6.92 Å². The largest absolute Gasteiger partial charge is 0.338 e. The summed E-state index contributed by atoms with van der Waals surface area (Å²) in [4.78, 5) is 14.7. The van der Waals surface area contributed by atoms with Crippen LogP contribution >= 0.6 is 0 Å². The molecule has 3 aliphatic rings. The van der Waals surface area contributed by atoms with Gasteiger partial charge in [-0.05, 0) is 47.9 Å². The highest BCUT2D eigenvalue weighted by Gasteiger charge is 2.58. The third-order valence-corrected chi connectivity index (χ3v) is 6.49. The number of benzene rings is 2. The summed E-state index contributed by atoms with van der Waals surface area (Å²) in [6.45, 7) is 2.27. The maximum absolute atomic E-state index is 12.7. The molecule has 27 heavy (non-hydrogen) atoms. The third-order valence-electron chi connectivity index (χ3n) is 6.49. The van der Waals surface area contributed by atoms with Crippen molar-refractivity contribution in [2.45, 2.75) is 50.4 Å². The van der Waals surface area contributed by atoms with Gasteiger partial charge in [0.15, 0.2) is 0 Å². The van der Waals surface area contributed by atoms with Gasteiger partial charge in [0.05, 0.1) is 6.54 Å². The van der Waals surface area contributed by atoms with Crippen molar-refractivity contribution in [1.29, 1.82) is 0 Å². The molecule has 3 heteroatoms. The summed E-state index contributed by atoms with van der Waals surface area (Å²) in [5.74, 6) is 0.112. The fraction of sp³-hybridized carbons (Fsp3) is 0.375. The second-order valence-corrected chi connectivity index (χ2v) is 8.05. The van der Waals surface area contributed by atoms with Crippen molar-refractivity contribution in [2.75, 3.05) is 6.54 Å². The van der Waals surface area contributed by atoms with Gasteiger partial charge in [-0.1, -0.05) is 67.1 Å². The molecule has 1 amide bonds. The third kappa shape index (κ3) is 2.41. The Morgan fingerprint density at radius 3 is 2.00 bits per heavy atom. The van der Waals surface area contributed by atoms with Crippen LogP contribution in [0.3, 0.4) is 0 Å². The first-order chi connectivity index (χ1) is 13.1. The molecule has 0 bridgehead atoms. The van der Waals surface area contributed by atoms with Crippen molar-refractivity contribution in [3.05, 3.63) is 70.8 Å². The number of hydrogen-bond acceptors (Lipinski definition) is 2. The van der Waals surface area contributed by atoms with E-state index in [1.807, 2.05) is 4.90 Å². The number of nitrogens with zero attached hydrogens (tertiary/aromatic N) is 1. The molecule has 138 valence electrons. The molecule has 0 N–H and O–H groups in total. The summed E-state index contributed by atoms with van der Waals surface area (Å²) < 4.78 is 7.09. The van der Waals surface area contributed by atoms with Crippen LogP contribution in [0.4, 0.5) is 0 Å². The second-order valence-electron chi connectivity index (χ2n) is 8.05. The Labute approximate surface area is 160 Å². The molecule has 2 aliphatic carbocycles. The number of ether oxygens (including phenoxy) is 1. The highest BCUT2D eigenvalue weighted by atomic mass is 16.6. The fourth-order valence-corrected chi connectivity index (χ4v) is 5.28. The number of amides is 1. The predicted octanol–water partition coefficient (Wildman–Crippen LogP) is 4.95. The lowest BCUT2D eigenvalue weighted by atomic mass is 9.83. The molecule has 0 unspecified atom stereocenters.